The molecule has 0 saturated carbocycles. The molecule has 0 aliphatic carbocycles. The van der Waals surface area contributed by atoms with E-state index in [9.17, 15) is 4.79 Å². The fraction of sp³-hybridized carbons (Fsp3) is 0.174. The number of ether oxygens (including phenoxy) is 1. The number of esters is 1. The van der Waals surface area contributed by atoms with Crippen molar-refractivity contribution in [3.63, 3.8) is 0 Å². The van der Waals surface area contributed by atoms with E-state index in [1.54, 1.807) is 0 Å². The van der Waals surface area contributed by atoms with Crippen molar-refractivity contribution in [1.29, 1.82) is 0 Å². The van der Waals surface area contributed by atoms with E-state index >= 15 is 0 Å². The van der Waals surface area contributed by atoms with Crippen LogP contribution in [-0.2, 0) is 14.3 Å². The van der Waals surface area contributed by atoms with Gasteiger partial charge in [-0.1, -0.05) is 103 Å². The molecule has 3 nitrogen and oxygen atoms in total. The Labute approximate surface area is 176 Å². The Bertz CT molecular complexity index is 776. The van der Waals surface area contributed by atoms with Crippen molar-refractivity contribution in [3.8, 4) is 0 Å². The first kappa shape index (κ1) is 20.5. The molecule has 28 heavy (non-hydrogen) atoms. The third kappa shape index (κ3) is 4.27. The summed E-state index contributed by atoms with van der Waals surface area (Å²) in [6, 6.07) is 30.4. The van der Waals surface area contributed by atoms with Gasteiger partial charge in [0.05, 0.1) is 7.11 Å². The van der Waals surface area contributed by atoms with Crippen molar-refractivity contribution in [1.82, 2.24) is 4.72 Å². The zero-order valence-corrected chi connectivity index (χ0v) is 17.3. The largest absolute Gasteiger partial charge is 0.468 e. The molecule has 0 radical (unpaired) electrons. The summed E-state index contributed by atoms with van der Waals surface area (Å²) in [5.74, 6) is 0.0132. The molecule has 0 aliphatic heterocycles. The van der Waals surface area contributed by atoms with E-state index in [4.69, 9.17) is 4.74 Å². The molecule has 5 heteroatoms. The van der Waals surface area contributed by atoms with Crippen molar-refractivity contribution in [2.75, 3.05) is 12.9 Å². The molecule has 0 saturated heterocycles. The summed E-state index contributed by atoms with van der Waals surface area (Å²) in [4.78, 5) is 12.1. The lowest BCUT2D eigenvalue weighted by Crippen LogP contribution is -2.39. The Hall–Kier alpha value is -2.21. The number of nitrogens with one attached hydrogen (secondary N) is 1. The number of hydrogen-bond acceptors (Lipinski definition) is 5. The van der Waals surface area contributed by atoms with Gasteiger partial charge in [-0.3, -0.25) is 4.79 Å². The van der Waals surface area contributed by atoms with Gasteiger partial charge in [-0.15, -0.1) is 0 Å². The van der Waals surface area contributed by atoms with Crippen LogP contribution in [0.15, 0.2) is 91.0 Å². The maximum atomic E-state index is 12.1. The summed E-state index contributed by atoms with van der Waals surface area (Å²) in [7, 11) is 1.39. The molecule has 0 amide bonds. The maximum Gasteiger partial charge on any atom is 0.324 e. The minimum atomic E-state index is -0.543. The summed E-state index contributed by atoms with van der Waals surface area (Å²) in [5, 5.41) is 0. The van der Waals surface area contributed by atoms with Crippen molar-refractivity contribution in [2.24, 2.45) is 0 Å². The topological polar surface area (TPSA) is 38.3 Å². The molecule has 1 N–H and O–H groups in total. The van der Waals surface area contributed by atoms with Gasteiger partial charge in [-0.05, 0) is 16.7 Å². The number of carbonyl (C=O) groups is 1. The second-order valence-electron chi connectivity index (χ2n) is 6.26. The smallest absolute Gasteiger partial charge is 0.324 e. The normalized spacial score (nSPS) is 12.4. The molecule has 1 atom stereocenters. The van der Waals surface area contributed by atoms with Crippen molar-refractivity contribution >= 4 is 30.5 Å². The minimum Gasteiger partial charge on any atom is -0.468 e. The predicted molar refractivity (Wildman–Crippen MR) is 120 cm³/mol. The lowest BCUT2D eigenvalue weighted by molar-refractivity contribution is -0.141. The summed E-state index contributed by atoms with van der Waals surface area (Å²) < 4.78 is 7.70. The van der Waals surface area contributed by atoms with Gasteiger partial charge in [0.2, 0.25) is 0 Å². The van der Waals surface area contributed by atoms with Crippen LogP contribution in [0.25, 0.3) is 0 Å². The molecule has 3 rings (SSSR count). The molecule has 0 aliphatic rings. The van der Waals surface area contributed by atoms with E-state index < -0.39 is 10.8 Å². The SMILES string of the molecule is COC(=O)[C@H](CS)NSC(c1ccccc1)(c1ccccc1)c1ccccc1. The van der Waals surface area contributed by atoms with E-state index in [0.29, 0.717) is 5.75 Å². The zero-order valence-electron chi connectivity index (χ0n) is 15.6. The fourth-order valence-corrected chi connectivity index (χ4v) is 4.78. The highest BCUT2D eigenvalue weighted by Gasteiger charge is 2.38. The van der Waals surface area contributed by atoms with E-state index in [0.717, 1.165) is 16.7 Å². The number of methoxy groups -OCH3 is 1. The number of carbonyl (C=O) groups excluding carboxylic acids is 1. The lowest BCUT2D eigenvalue weighted by atomic mass is 9.84. The minimum absolute atomic E-state index is 0.328. The number of rotatable bonds is 8. The van der Waals surface area contributed by atoms with E-state index in [2.05, 4.69) is 53.7 Å². The molecular weight excluding hydrogens is 386 g/mol. The first-order chi connectivity index (χ1) is 13.7. The standard InChI is InChI=1S/C23H23NO2S2/c1-26-22(25)21(17-27)24-28-23(18-11-5-2-6-12-18,19-13-7-3-8-14-19)20-15-9-4-10-16-20/h2-16,21,24,27H,17H2,1H3/t21-/m0/s1. The van der Waals surface area contributed by atoms with Gasteiger partial charge in [-0.2, -0.15) is 12.6 Å². The van der Waals surface area contributed by atoms with E-state index in [-0.39, 0.29) is 5.97 Å². The van der Waals surface area contributed by atoms with Gasteiger partial charge in [0.25, 0.3) is 0 Å². The molecule has 0 heterocycles. The third-order valence-electron chi connectivity index (χ3n) is 4.56. The second kappa shape index (κ2) is 9.82. The molecule has 3 aromatic carbocycles. The summed E-state index contributed by atoms with van der Waals surface area (Å²) in [6.45, 7) is 0. The third-order valence-corrected chi connectivity index (χ3v) is 6.34. The summed E-state index contributed by atoms with van der Waals surface area (Å²) >= 11 is 5.83. The van der Waals surface area contributed by atoms with Crippen molar-refractivity contribution in [3.05, 3.63) is 108 Å². The maximum absolute atomic E-state index is 12.1. The Balaban J connectivity index is 2.15. The van der Waals surface area contributed by atoms with Crippen LogP contribution >= 0.6 is 24.6 Å². The van der Waals surface area contributed by atoms with Gasteiger partial charge in [-0.25, -0.2) is 4.72 Å². The van der Waals surface area contributed by atoms with Crippen LogP contribution in [0.2, 0.25) is 0 Å². The van der Waals surface area contributed by atoms with Gasteiger partial charge in [0.15, 0.2) is 0 Å². The second-order valence-corrected chi connectivity index (χ2v) is 7.67. The monoisotopic (exact) mass is 409 g/mol. The fourth-order valence-electron chi connectivity index (χ4n) is 3.16. The summed E-state index contributed by atoms with van der Waals surface area (Å²) in [6.07, 6.45) is 0. The molecular formula is C23H23NO2S2. The quantitative estimate of drug-likeness (QED) is 0.245. The number of benzene rings is 3. The van der Waals surface area contributed by atoms with Crippen molar-refractivity contribution < 1.29 is 9.53 Å². The van der Waals surface area contributed by atoms with Crippen molar-refractivity contribution in [2.45, 2.75) is 10.8 Å². The highest BCUT2D eigenvalue weighted by Crippen LogP contribution is 2.47. The highest BCUT2D eigenvalue weighted by molar-refractivity contribution is 7.98. The van der Waals surface area contributed by atoms with Crippen LogP contribution in [0.5, 0.6) is 0 Å². The molecule has 0 unspecified atom stereocenters. The lowest BCUT2D eigenvalue weighted by Gasteiger charge is -2.36. The molecule has 3 aromatic rings. The van der Waals surface area contributed by atoms with Gasteiger partial charge in [0, 0.05) is 5.75 Å². The molecule has 0 spiro atoms. The Morgan fingerprint density at radius 1 is 0.893 bits per heavy atom. The Morgan fingerprint density at radius 2 is 1.29 bits per heavy atom. The van der Waals surface area contributed by atoms with Crippen LogP contribution < -0.4 is 4.72 Å². The van der Waals surface area contributed by atoms with Crippen LogP contribution in [0.3, 0.4) is 0 Å². The summed E-state index contributed by atoms with van der Waals surface area (Å²) in [5.41, 5.74) is 3.35. The van der Waals surface area contributed by atoms with E-state index in [1.165, 1.54) is 19.1 Å². The highest BCUT2D eigenvalue weighted by atomic mass is 32.2. The van der Waals surface area contributed by atoms with Crippen LogP contribution in [0, 0.1) is 0 Å². The average Bonchev–Trinajstić information content (AvgIpc) is 2.78. The number of hydrogen-bond donors (Lipinski definition) is 2. The predicted octanol–water partition coefficient (Wildman–Crippen LogP) is 4.69. The van der Waals surface area contributed by atoms with Crippen LogP contribution in [0.1, 0.15) is 16.7 Å². The molecule has 0 fully saturated rings. The zero-order chi connectivity index (χ0) is 19.8. The van der Waals surface area contributed by atoms with Gasteiger partial charge >= 0.3 is 5.97 Å². The first-order valence-corrected chi connectivity index (χ1v) is 10.5. The van der Waals surface area contributed by atoms with Crippen LogP contribution in [0.4, 0.5) is 0 Å². The van der Waals surface area contributed by atoms with Gasteiger partial charge in [0.1, 0.15) is 10.8 Å². The first-order valence-electron chi connectivity index (χ1n) is 9.01. The number of thiol groups is 1. The van der Waals surface area contributed by atoms with Gasteiger partial charge < -0.3 is 4.74 Å². The Kier molecular flexibility index (Phi) is 7.20. The van der Waals surface area contributed by atoms with Crippen LogP contribution in [-0.4, -0.2) is 24.9 Å². The Morgan fingerprint density at radius 3 is 1.61 bits per heavy atom. The molecule has 144 valence electrons. The molecule has 0 aromatic heterocycles. The van der Waals surface area contributed by atoms with E-state index in [1.807, 2.05) is 54.6 Å². The molecule has 0 bridgehead atoms. The average molecular weight is 410 g/mol.